The van der Waals surface area contributed by atoms with Crippen LogP contribution in [0, 0.1) is 0 Å². The Labute approximate surface area is 104 Å². The second kappa shape index (κ2) is 7.25. The molecule has 96 valence electrons. The number of pyridine rings is 1. The summed E-state index contributed by atoms with van der Waals surface area (Å²) in [7, 11) is 1.72. The van der Waals surface area contributed by atoms with Gasteiger partial charge in [-0.3, -0.25) is 4.98 Å². The Hall–Kier alpha value is -1.13. The normalized spacial score (nSPS) is 12.5. The molecule has 0 fully saturated rings. The number of anilines is 1. The fourth-order valence-electron chi connectivity index (χ4n) is 1.84. The van der Waals surface area contributed by atoms with Gasteiger partial charge in [0, 0.05) is 32.4 Å². The molecule has 0 radical (unpaired) electrons. The van der Waals surface area contributed by atoms with Gasteiger partial charge in [-0.05, 0) is 25.5 Å². The smallest absolute Gasteiger partial charge is 0.0772 e. The zero-order valence-electron chi connectivity index (χ0n) is 11.0. The van der Waals surface area contributed by atoms with Crippen molar-refractivity contribution in [3.8, 4) is 0 Å². The highest BCUT2D eigenvalue weighted by Crippen LogP contribution is 2.21. The molecule has 0 bridgehead atoms. The van der Waals surface area contributed by atoms with Crippen LogP contribution in [0.1, 0.15) is 26.0 Å². The molecule has 0 saturated carbocycles. The summed E-state index contributed by atoms with van der Waals surface area (Å²) in [4.78, 5) is 6.65. The van der Waals surface area contributed by atoms with Gasteiger partial charge in [0.1, 0.15) is 0 Å². The minimum atomic E-state index is 0.458. The van der Waals surface area contributed by atoms with Crippen LogP contribution in [0.15, 0.2) is 18.3 Å². The van der Waals surface area contributed by atoms with Gasteiger partial charge in [0.15, 0.2) is 0 Å². The minimum Gasteiger partial charge on any atom is -0.383 e. The van der Waals surface area contributed by atoms with Crippen molar-refractivity contribution >= 4 is 5.69 Å². The number of nitrogens with two attached hydrogens (primary N) is 1. The summed E-state index contributed by atoms with van der Waals surface area (Å²) in [5, 5.41) is 0. The molecule has 1 heterocycles. The average Bonchev–Trinajstić information content (AvgIpc) is 2.39. The van der Waals surface area contributed by atoms with Crippen LogP contribution in [-0.4, -0.2) is 31.3 Å². The van der Waals surface area contributed by atoms with E-state index in [0.717, 1.165) is 24.3 Å². The van der Waals surface area contributed by atoms with E-state index in [-0.39, 0.29) is 0 Å². The second-order valence-corrected chi connectivity index (χ2v) is 4.12. The third kappa shape index (κ3) is 3.68. The van der Waals surface area contributed by atoms with E-state index in [1.807, 2.05) is 6.07 Å². The SMILES string of the molecule is CCC(C)N(CCOC)c1cccnc1CN. The van der Waals surface area contributed by atoms with Gasteiger partial charge in [0.2, 0.25) is 0 Å². The molecule has 1 unspecified atom stereocenters. The maximum absolute atomic E-state index is 5.74. The molecule has 0 aliphatic heterocycles. The summed E-state index contributed by atoms with van der Waals surface area (Å²) in [5.41, 5.74) is 7.81. The summed E-state index contributed by atoms with van der Waals surface area (Å²) >= 11 is 0. The fraction of sp³-hybridized carbons (Fsp3) is 0.615. The van der Waals surface area contributed by atoms with Crippen molar-refractivity contribution in [2.75, 3.05) is 25.2 Å². The second-order valence-electron chi connectivity index (χ2n) is 4.12. The molecule has 0 aliphatic carbocycles. The summed E-state index contributed by atoms with van der Waals surface area (Å²) < 4.78 is 5.17. The van der Waals surface area contributed by atoms with E-state index in [1.54, 1.807) is 13.3 Å². The van der Waals surface area contributed by atoms with Crippen LogP contribution < -0.4 is 10.6 Å². The van der Waals surface area contributed by atoms with Crippen molar-refractivity contribution in [3.63, 3.8) is 0 Å². The first-order valence-electron chi connectivity index (χ1n) is 6.14. The number of hydrogen-bond donors (Lipinski definition) is 1. The lowest BCUT2D eigenvalue weighted by molar-refractivity contribution is 0.203. The van der Waals surface area contributed by atoms with E-state index < -0.39 is 0 Å². The Morgan fingerprint density at radius 2 is 2.29 bits per heavy atom. The first-order valence-corrected chi connectivity index (χ1v) is 6.14. The molecule has 0 saturated heterocycles. The predicted octanol–water partition coefficient (Wildman–Crippen LogP) is 1.79. The molecule has 0 amide bonds. The van der Waals surface area contributed by atoms with Gasteiger partial charge < -0.3 is 15.4 Å². The predicted molar refractivity (Wildman–Crippen MR) is 71.1 cm³/mol. The Kier molecular flexibility index (Phi) is 5.94. The molecule has 1 atom stereocenters. The molecule has 1 aromatic rings. The highest BCUT2D eigenvalue weighted by atomic mass is 16.5. The van der Waals surface area contributed by atoms with E-state index >= 15 is 0 Å². The zero-order valence-corrected chi connectivity index (χ0v) is 11.0. The van der Waals surface area contributed by atoms with Crippen LogP contribution in [0.2, 0.25) is 0 Å². The van der Waals surface area contributed by atoms with Gasteiger partial charge in [-0.25, -0.2) is 0 Å². The Balaban J connectivity index is 2.94. The maximum atomic E-state index is 5.74. The molecule has 4 heteroatoms. The first-order chi connectivity index (χ1) is 8.24. The van der Waals surface area contributed by atoms with Crippen LogP contribution in [-0.2, 0) is 11.3 Å². The van der Waals surface area contributed by atoms with Crippen LogP contribution in [0.4, 0.5) is 5.69 Å². The number of aromatic nitrogens is 1. The molecular formula is C13H23N3O. The highest BCUT2D eigenvalue weighted by Gasteiger charge is 2.15. The lowest BCUT2D eigenvalue weighted by Gasteiger charge is -2.31. The third-order valence-electron chi connectivity index (χ3n) is 3.03. The van der Waals surface area contributed by atoms with E-state index in [2.05, 4.69) is 29.8 Å². The van der Waals surface area contributed by atoms with E-state index in [0.29, 0.717) is 19.2 Å². The van der Waals surface area contributed by atoms with Crippen molar-refractivity contribution in [3.05, 3.63) is 24.0 Å². The number of methoxy groups -OCH3 is 1. The summed E-state index contributed by atoms with van der Waals surface area (Å²) in [5.74, 6) is 0. The van der Waals surface area contributed by atoms with Crippen molar-refractivity contribution in [1.82, 2.24) is 4.98 Å². The van der Waals surface area contributed by atoms with Gasteiger partial charge in [-0.1, -0.05) is 6.92 Å². The molecule has 0 aliphatic rings. The molecule has 1 rings (SSSR count). The molecular weight excluding hydrogens is 214 g/mol. The maximum Gasteiger partial charge on any atom is 0.0772 e. The van der Waals surface area contributed by atoms with Crippen molar-refractivity contribution < 1.29 is 4.74 Å². The monoisotopic (exact) mass is 237 g/mol. The Morgan fingerprint density at radius 1 is 1.53 bits per heavy atom. The lowest BCUT2D eigenvalue weighted by Crippen LogP contribution is -2.36. The van der Waals surface area contributed by atoms with Gasteiger partial charge in [0.25, 0.3) is 0 Å². The van der Waals surface area contributed by atoms with E-state index in [4.69, 9.17) is 10.5 Å². The van der Waals surface area contributed by atoms with E-state index in [9.17, 15) is 0 Å². The number of ether oxygens (including phenoxy) is 1. The van der Waals surface area contributed by atoms with Gasteiger partial charge in [-0.2, -0.15) is 0 Å². The van der Waals surface area contributed by atoms with Gasteiger partial charge in [0.05, 0.1) is 18.0 Å². The highest BCUT2D eigenvalue weighted by molar-refractivity contribution is 5.51. The fourth-order valence-corrected chi connectivity index (χ4v) is 1.84. The zero-order chi connectivity index (χ0) is 12.7. The Morgan fingerprint density at radius 3 is 2.88 bits per heavy atom. The van der Waals surface area contributed by atoms with Crippen molar-refractivity contribution in [2.24, 2.45) is 5.73 Å². The van der Waals surface area contributed by atoms with Gasteiger partial charge in [-0.15, -0.1) is 0 Å². The molecule has 0 spiro atoms. The van der Waals surface area contributed by atoms with Crippen LogP contribution in [0.3, 0.4) is 0 Å². The summed E-state index contributed by atoms with van der Waals surface area (Å²) in [6, 6.07) is 4.49. The molecule has 4 nitrogen and oxygen atoms in total. The van der Waals surface area contributed by atoms with E-state index in [1.165, 1.54) is 0 Å². The summed E-state index contributed by atoms with van der Waals surface area (Å²) in [6.07, 6.45) is 2.87. The largest absolute Gasteiger partial charge is 0.383 e. The van der Waals surface area contributed by atoms with Gasteiger partial charge >= 0.3 is 0 Å². The van der Waals surface area contributed by atoms with Crippen molar-refractivity contribution in [1.29, 1.82) is 0 Å². The van der Waals surface area contributed by atoms with Crippen LogP contribution >= 0.6 is 0 Å². The number of hydrogen-bond acceptors (Lipinski definition) is 4. The number of rotatable bonds is 7. The van der Waals surface area contributed by atoms with Crippen LogP contribution in [0.5, 0.6) is 0 Å². The quantitative estimate of drug-likeness (QED) is 0.785. The van der Waals surface area contributed by atoms with Crippen molar-refractivity contribution in [2.45, 2.75) is 32.9 Å². The molecule has 17 heavy (non-hydrogen) atoms. The lowest BCUT2D eigenvalue weighted by atomic mass is 10.1. The third-order valence-corrected chi connectivity index (χ3v) is 3.03. The molecule has 0 aromatic carbocycles. The minimum absolute atomic E-state index is 0.458. The first kappa shape index (κ1) is 13.9. The summed E-state index contributed by atoms with van der Waals surface area (Å²) in [6.45, 7) is 6.44. The number of nitrogens with zero attached hydrogens (tertiary/aromatic N) is 2. The average molecular weight is 237 g/mol. The molecule has 1 aromatic heterocycles. The Bertz CT molecular complexity index is 330. The standard InChI is InChI=1S/C13H23N3O/c1-4-11(2)16(8-9-17-3)13-6-5-7-15-12(13)10-14/h5-7,11H,4,8-10,14H2,1-3H3. The molecule has 2 N–H and O–H groups in total. The topological polar surface area (TPSA) is 51.4 Å². The van der Waals surface area contributed by atoms with Crippen LogP contribution in [0.25, 0.3) is 0 Å².